The fourth-order valence-electron chi connectivity index (χ4n) is 0.896. The van der Waals surface area contributed by atoms with Crippen LogP contribution in [-0.4, -0.2) is 92.4 Å². The van der Waals surface area contributed by atoms with Gasteiger partial charge in [-0.15, -0.1) is 0 Å². The summed E-state index contributed by atoms with van der Waals surface area (Å²) in [6.07, 6.45) is 0. The molecule has 0 bridgehead atoms. The van der Waals surface area contributed by atoms with Gasteiger partial charge in [-0.25, -0.2) is 9.10 Å². The molecule has 0 atom stereocenters. The van der Waals surface area contributed by atoms with Crippen molar-refractivity contribution in [2.45, 2.75) is 16.5 Å². The standard InChI is InChI=1S/C5H3F9N2O7S3.Na.H/c1-15(24(18,19)3(6,7)8)2(17)16(25(20,21)4(9,10)11)26(22,23)5(12,13)14;;/h1H3;;. The summed E-state index contributed by atoms with van der Waals surface area (Å²) in [7, 11) is -23.3. The van der Waals surface area contributed by atoms with E-state index in [1.807, 2.05) is 0 Å². The first kappa shape index (κ1) is 28.7. The topological polar surface area (TPSA) is 126 Å². The molecule has 22 heteroatoms. The van der Waals surface area contributed by atoms with Crippen molar-refractivity contribution in [1.82, 2.24) is 8.02 Å². The Bertz CT molecular complexity index is 842. The third-order valence-electron chi connectivity index (χ3n) is 2.10. The molecule has 0 aliphatic heterocycles. The molecule has 0 spiro atoms. The zero-order valence-electron chi connectivity index (χ0n) is 11.4. The third kappa shape index (κ3) is 5.10. The van der Waals surface area contributed by atoms with E-state index in [4.69, 9.17) is 0 Å². The molecule has 0 radical (unpaired) electrons. The number of carbonyl (C=O) groups excluding carboxylic acids is 1. The van der Waals surface area contributed by atoms with Crippen molar-refractivity contribution in [2.24, 2.45) is 0 Å². The van der Waals surface area contributed by atoms with Gasteiger partial charge in [0.2, 0.25) is 0 Å². The van der Waals surface area contributed by atoms with Crippen LogP contribution in [0.3, 0.4) is 0 Å². The molecule has 0 aromatic heterocycles. The van der Waals surface area contributed by atoms with Gasteiger partial charge >= 0.3 is 82.2 Å². The second-order valence-electron chi connectivity index (χ2n) is 3.80. The average molecular weight is 494 g/mol. The normalized spacial score (nSPS) is 14.3. The fourth-order valence-corrected chi connectivity index (χ4v) is 4.17. The van der Waals surface area contributed by atoms with Crippen LogP contribution in [0.15, 0.2) is 0 Å². The number of alkyl halides is 9. The number of nitrogens with zero attached hydrogens (tertiary/aromatic N) is 2. The Balaban J connectivity index is 0. The molecule has 2 amide bonds. The number of urea groups is 1. The molecule has 158 valence electrons. The van der Waals surface area contributed by atoms with Crippen LogP contribution in [0, 0.1) is 0 Å². The molecule has 0 aromatic carbocycles. The molecule has 0 aromatic rings. The molecule has 0 aliphatic rings. The molecule has 0 saturated heterocycles. The van der Waals surface area contributed by atoms with Crippen molar-refractivity contribution in [2.75, 3.05) is 7.05 Å². The van der Waals surface area contributed by atoms with Gasteiger partial charge in [-0.2, -0.15) is 64.8 Å². The third-order valence-corrected chi connectivity index (χ3v) is 7.10. The van der Waals surface area contributed by atoms with Gasteiger partial charge in [0.1, 0.15) is 0 Å². The monoisotopic (exact) mass is 494 g/mol. The van der Waals surface area contributed by atoms with E-state index in [-0.39, 0.29) is 29.6 Å². The summed E-state index contributed by atoms with van der Waals surface area (Å²) in [5, 5.41) is 0. The van der Waals surface area contributed by atoms with Gasteiger partial charge in [0.05, 0.1) is 0 Å². The quantitative estimate of drug-likeness (QED) is 0.407. The summed E-state index contributed by atoms with van der Waals surface area (Å²) in [6, 6.07) is -3.82. The van der Waals surface area contributed by atoms with Crippen molar-refractivity contribution >= 4 is 65.7 Å². The fraction of sp³-hybridized carbons (Fsp3) is 0.800. The number of halogens is 9. The molecule has 0 rings (SSSR count). The zero-order chi connectivity index (χ0) is 21.7. The van der Waals surface area contributed by atoms with Crippen molar-refractivity contribution < 1.29 is 69.6 Å². The van der Waals surface area contributed by atoms with Gasteiger partial charge in [0, 0.05) is 7.05 Å². The van der Waals surface area contributed by atoms with Crippen LogP contribution < -0.4 is 0 Å². The summed E-state index contributed by atoms with van der Waals surface area (Å²) < 4.78 is 171. The van der Waals surface area contributed by atoms with Crippen LogP contribution in [0.4, 0.5) is 44.3 Å². The van der Waals surface area contributed by atoms with Gasteiger partial charge < -0.3 is 0 Å². The van der Waals surface area contributed by atoms with E-state index in [2.05, 4.69) is 0 Å². The molecule has 0 fully saturated rings. The van der Waals surface area contributed by atoms with E-state index in [0.29, 0.717) is 0 Å². The summed E-state index contributed by atoms with van der Waals surface area (Å²) in [6.45, 7) is 0. The molecule has 0 saturated carbocycles. The molecule has 0 heterocycles. The Kier molecular flexibility index (Phi) is 8.21. The molecule has 0 unspecified atom stereocenters. The van der Waals surface area contributed by atoms with Gasteiger partial charge in [-0.3, -0.25) is 0 Å². The SMILES string of the molecule is CN(C(=O)N(S(=O)(=O)C(F)(F)F)S(=O)(=O)C(F)(F)F)S(=O)(=O)C(F)(F)F.[NaH]. The Labute approximate surface area is 166 Å². The maximum atomic E-state index is 12.4. The summed E-state index contributed by atoms with van der Waals surface area (Å²) >= 11 is 0. The number of rotatable bonds is 3. The van der Waals surface area contributed by atoms with Crippen molar-refractivity contribution in [3.63, 3.8) is 0 Å². The van der Waals surface area contributed by atoms with E-state index in [9.17, 15) is 69.6 Å². The average Bonchev–Trinajstić information content (AvgIpc) is 2.32. The summed E-state index contributed by atoms with van der Waals surface area (Å²) in [5.74, 6) is 0. The van der Waals surface area contributed by atoms with Gasteiger partial charge in [-0.1, -0.05) is 3.71 Å². The van der Waals surface area contributed by atoms with Crippen molar-refractivity contribution in [3.05, 3.63) is 0 Å². The van der Waals surface area contributed by atoms with E-state index >= 15 is 0 Å². The van der Waals surface area contributed by atoms with Gasteiger partial charge in [0.25, 0.3) is 0 Å². The van der Waals surface area contributed by atoms with E-state index < -0.39 is 67.7 Å². The minimum absolute atomic E-state index is 0. The van der Waals surface area contributed by atoms with Gasteiger partial charge in [-0.05, 0) is 0 Å². The van der Waals surface area contributed by atoms with Crippen LogP contribution in [0.2, 0.25) is 0 Å². The molecule has 9 nitrogen and oxygen atoms in total. The number of hydrogen-bond acceptors (Lipinski definition) is 7. The Hall–Kier alpha value is -0.510. The summed E-state index contributed by atoms with van der Waals surface area (Å²) in [4.78, 5) is 11.3. The maximum absolute atomic E-state index is 12.4. The van der Waals surface area contributed by atoms with E-state index in [0.717, 1.165) is 0 Å². The second-order valence-corrected chi connectivity index (χ2v) is 9.55. The predicted octanol–water partition coefficient (Wildman–Crippen LogP) is 0.241. The molecular weight excluding hydrogens is 490 g/mol. The van der Waals surface area contributed by atoms with Crippen molar-refractivity contribution in [3.8, 4) is 0 Å². The summed E-state index contributed by atoms with van der Waals surface area (Å²) in [5.41, 5.74) is -20.4. The number of amides is 2. The molecular formula is C5H4F9N2NaO7S3. The first-order valence-electron chi connectivity index (χ1n) is 4.96. The Morgan fingerprint density at radius 3 is 1.04 bits per heavy atom. The number of carbonyl (C=O) groups is 1. The van der Waals surface area contributed by atoms with E-state index in [1.54, 1.807) is 0 Å². The van der Waals surface area contributed by atoms with Crippen LogP contribution in [-0.2, 0) is 30.1 Å². The molecule has 0 N–H and O–H groups in total. The minimum atomic E-state index is -7.83. The van der Waals surface area contributed by atoms with Crippen LogP contribution in [0.5, 0.6) is 0 Å². The first-order valence-corrected chi connectivity index (χ1v) is 9.28. The van der Waals surface area contributed by atoms with Gasteiger partial charge in [0.15, 0.2) is 0 Å². The van der Waals surface area contributed by atoms with E-state index in [1.165, 1.54) is 0 Å². The molecule has 27 heavy (non-hydrogen) atoms. The van der Waals surface area contributed by atoms with Crippen LogP contribution in [0.25, 0.3) is 0 Å². The Morgan fingerprint density at radius 2 is 0.852 bits per heavy atom. The first-order chi connectivity index (χ1) is 10.9. The predicted molar refractivity (Wildman–Crippen MR) is 67.1 cm³/mol. The molecule has 0 aliphatic carbocycles. The second kappa shape index (κ2) is 7.72. The van der Waals surface area contributed by atoms with Crippen LogP contribution >= 0.6 is 0 Å². The van der Waals surface area contributed by atoms with Crippen molar-refractivity contribution in [1.29, 1.82) is 0 Å². The van der Waals surface area contributed by atoms with Crippen LogP contribution in [0.1, 0.15) is 0 Å². The number of hydrogen-bond donors (Lipinski definition) is 0. The Morgan fingerprint density at radius 1 is 0.630 bits per heavy atom. The zero-order valence-corrected chi connectivity index (χ0v) is 13.8. The number of sulfonamides is 3.